The Labute approximate surface area is 181 Å². The molecule has 6 nitrogen and oxygen atoms in total. The number of hydrogen-bond acceptors (Lipinski definition) is 6. The first-order valence-corrected chi connectivity index (χ1v) is 10.4. The molecule has 0 spiro atoms. The van der Waals surface area contributed by atoms with Gasteiger partial charge in [-0.3, -0.25) is 9.59 Å². The monoisotopic (exact) mass is 443 g/mol. The minimum absolute atomic E-state index is 0.0321. The number of likely N-dealkylation sites (tertiary alicyclic amines) is 1. The Kier molecular flexibility index (Phi) is 5.40. The molecule has 30 heavy (non-hydrogen) atoms. The number of carbonyl (C=O) groups excluding carboxylic acids is 2. The van der Waals surface area contributed by atoms with Crippen LogP contribution in [-0.2, 0) is 16.1 Å². The second-order valence-electron chi connectivity index (χ2n) is 6.80. The number of nitrogens with zero attached hydrogens (tertiary/aromatic N) is 1. The van der Waals surface area contributed by atoms with Gasteiger partial charge in [-0.1, -0.05) is 17.7 Å². The van der Waals surface area contributed by atoms with Crippen LogP contribution >= 0.6 is 22.9 Å². The normalized spacial score (nSPS) is 18.2. The zero-order chi connectivity index (χ0) is 21.4. The fourth-order valence-corrected chi connectivity index (χ4v) is 4.37. The summed E-state index contributed by atoms with van der Waals surface area (Å²) >= 11 is 7.56. The molecule has 1 atom stereocenters. The Bertz CT molecular complexity index is 1150. The number of benzene rings is 1. The van der Waals surface area contributed by atoms with Gasteiger partial charge in [-0.15, -0.1) is 11.3 Å². The second-order valence-corrected chi connectivity index (χ2v) is 8.24. The Morgan fingerprint density at radius 3 is 2.70 bits per heavy atom. The summed E-state index contributed by atoms with van der Waals surface area (Å²) in [6.45, 7) is 2.01. The molecule has 8 heteroatoms. The van der Waals surface area contributed by atoms with Crippen LogP contribution in [0.4, 0.5) is 0 Å². The highest BCUT2D eigenvalue weighted by Gasteiger charge is 2.47. The minimum Gasteiger partial charge on any atom is -0.507 e. The van der Waals surface area contributed by atoms with Gasteiger partial charge in [-0.25, -0.2) is 0 Å². The maximum Gasteiger partial charge on any atom is 0.296 e. The molecule has 1 aliphatic heterocycles. The summed E-state index contributed by atoms with van der Waals surface area (Å²) in [4.78, 5) is 28.2. The molecule has 154 valence electrons. The van der Waals surface area contributed by atoms with Gasteiger partial charge in [0, 0.05) is 10.4 Å². The molecule has 1 aromatic carbocycles. The largest absolute Gasteiger partial charge is 0.507 e. The second kappa shape index (κ2) is 8.01. The van der Waals surface area contributed by atoms with Gasteiger partial charge in [0.2, 0.25) is 0 Å². The number of ketones is 1. The molecule has 1 N–H and O–H groups in total. The standard InChI is InChI=1S/C22H18ClNO5S/c1-12-5-8-16(29-12)19-18(20(25)13-6-7-15(23)17(10-13)28-2)21(26)22(27)24(19)11-14-4-3-9-30-14/h3-10,19,25H,11H2,1-2H3/b20-18-. The van der Waals surface area contributed by atoms with Crippen LogP contribution in [0.15, 0.2) is 57.8 Å². The lowest BCUT2D eigenvalue weighted by molar-refractivity contribution is -0.140. The van der Waals surface area contributed by atoms with Crippen LogP contribution in [-0.4, -0.2) is 28.8 Å². The molecule has 3 heterocycles. The van der Waals surface area contributed by atoms with Crippen LogP contribution in [0.5, 0.6) is 5.75 Å². The molecule has 0 radical (unpaired) electrons. The number of methoxy groups -OCH3 is 1. The van der Waals surface area contributed by atoms with E-state index in [4.69, 9.17) is 20.8 Å². The van der Waals surface area contributed by atoms with Gasteiger partial charge in [0.25, 0.3) is 11.7 Å². The van der Waals surface area contributed by atoms with Crippen molar-refractivity contribution < 1.29 is 23.8 Å². The quantitative estimate of drug-likeness (QED) is 0.343. The third-order valence-corrected chi connectivity index (χ3v) is 6.07. The van der Waals surface area contributed by atoms with Crippen molar-refractivity contribution in [2.45, 2.75) is 19.5 Å². The lowest BCUT2D eigenvalue weighted by atomic mass is 9.99. The Balaban J connectivity index is 1.86. The van der Waals surface area contributed by atoms with Crippen LogP contribution in [0.1, 0.15) is 28.0 Å². The zero-order valence-corrected chi connectivity index (χ0v) is 17.8. The van der Waals surface area contributed by atoms with E-state index in [0.717, 1.165) is 4.88 Å². The maximum atomic E-state index is 13.0. The Morgan fingerprint density at radius 1 is 1.27 bits per heavy atom. The molecule has 0 bridgehead atoms. The number of furan rings is 1. The summed E-state index contributed by atoms with van der Waals surface area (Å²) in [7, 11) is 1.45. The van der Waals surface area contributed by atoms with Crippen molar-refractivity contribution in [2.75, 3.05) is 7.11 Å². The molecule has 2 aromatic heterocycles. The molecular formula is C22H18ClNO5S. The number of amides is 1. The number of halogens is 1. The molecule has 1 aliphatic rings. The molecule has 1 amide bonds. The zero-order valence-electron chi connectivity index (χ0n) is 16.2. The molecule has 1 unspecified atom stereocenters. The lowest BCUT2D eigenvalue weighted by Crippen LogP contribution is -2.28. The SMILES string of the molecule is COc1cc(/C(O)=C2/C(=O)C(=O)N(Cc3cccs3)C2c2ccc(C)o2)ccc1Cl. The maximum absolute atomic E-state index is 13.0. The van der Waals surface area contributed by atoms with Crippen molar-refractivity contribution in [2.24, 2.45) is 0 Å². The van der Waals surface area contributed by atoms with E-state index in [1.807, 2.05) is 17.5 Å². The molecular weight excluding hydrogens is 426 g/mol. The minimum atomic E-state index is -0.845. The smallest absolute Gasteiger partial charge is 0.296 e. The molecule has 0 saturated carbocycles. The number of Topliss-reactive ketones (excluding diaryl/α,β-unsaturated/α-hetero) is 1. The van der Waals surface area contributed by atoms with E-state index in [1.54, 1.807) is 31.2 Å². The summed E-state index contributed by atoms with van der Waals surface area (Å²) < 4.78 is 11.0. The number of thiophene rings is 1. The highest BCUT2D eigenvalue weighted by Crippen LogP contribution is 2.41. The highest BCUT2D eigenvalue weighted by atomic mass is 35.5. The first-order valence-electron chi connectivity index (χ1n) is 9.11. The molecule has 1 fully saturated rings. The van der Waals surface area contributed by atoms with Crippen LogP contribution < -0.4 is 4.74 Å². The number of hydrogen-bond donors (Lipinski definition) is 1. The summed E-state index contributed by atoms with van der Waals surface area (Å²) in [5.74, 6) is -0.373. The van der Waals surface area contributed by atoms with Crippen molar-refractivity contribution >= 4 is 40.4 Å². The number of ether oxygens (including phenoxy) is 1. The van der Waals surface area contributed by atoms with E-state index < -0.39 is 17.7 Å². The highest BCUT2D eigenvalue weighted by molar-refractivity contribution is 7.09. The fraction of sp³-hybridized carbons (Fsp3) is 0.182. The molecule has 1 saturated heterocycles. The van der Waals surface area contributed by atoms with Gasteiger partial charge in [0.05, 0.1) is 24.3 Å². The van der Waals surface area contributed by atoms with Crippen molar-refractivity contribution in [1.29, 1.82) is 0 Å². The molecule has 4 rings (SSSR count). The van der Waals surface area contributed by atoms with E-state index in [9.17, 15) is 14.7 Å². The number of carbonyl (C=O) groups is 2. The molecule has 3 aromatic rings. The number of rotatable bonds is 5. The predicted molar refractivity (Wildman–Crippen MR) is 114 cm³/mol. The molecule has 0 aliphatic carbocycles. The average Bonchev–Trinajstić information content (AvgIpc) is 3.45. The van der Waals surface area contributed by atoms with Crippen LogP contribution in [0.2, 0.25) is 5.02 Å². The summed E-state index contributed by atoms with van der Waals surface area (Å²) in [5.41, 5.74) is 0.286. The van der Waals surface area contributed by atoms with Crippen molar-refractivity contribution in [1.82, 2.24) is 4.90 Å². The van der Waals surface area contributed by atoms with E-state index in [1.165, 1.54) is 29.4 Å². The van der Waals surface area contributed by atoms with E-state index in [0.29, 0.717) is 27.9 Å². The van der Waals surface area contributed by atoms with Gasteiger partial charge >= 0.3 is 0 Å². The number of aryl methyl sites for hydroxylation is 1. The fourth-order valence-electron chi connectivity index (χ4n) is 3.47. The van der Waals surface area contributed by atoms with Crippen molar-refractivity contribution in [3.05, 3.63) is 80.4 Å². The van der Waals surface area contributed by atoms with Gasteiger partial charge in [-0.2, -0.15) is 0 Å². The predicted octanol–water partition coefficient (Wildman–Crippen LogP) is 4.93. The van der Waals surface area contributed by atoms with Gasteiger partial charge in [-0.05, 0) is 48.7 Å². The number of aliphatic hydroxyl groups excluding tert-OH is 1. The van der Waals surface area contributed by atoms with Gasteiger partial charge < -0.3 is 19.2 Å². The third kappa shape index (κ3) is 3.51. The Morgan fingerprint density at radius 2 is 2.07 bits per heavy atom. The first kappa shape index (κ1) is 20.3. The van der Waals surface area contributed by atoms with E-state index in [2.05, 4.69) is 0 Å². The summed E-state index contributed by atoms with van der Waals surface area (Å²) in [5, 5.41) is 13.3. The Hall–Kier alpha value is -3.03. The van der Waals surface area contributed by atoms with Crippen LogP contribution in [0, 0.1) is 6.92 Å². The van der Waals surface area contributed by atoms with Gasteiger partial charge in [0.1, 0.15) is 29.1 Å². The van der Waals surface area contributed by atoms with Crippen LogP contribution in [0.25, 0.3) is 5.76 Å². The van der Waals surface area contributed by atoms with Crippen LogP contribution in [0.3, 0.4) is 0 Å². The van der Waals surface area contributed by atoms with E-state index in [-0.39, 0.29) is 17.9 Å². The average molecular weight is 444 g/mol. The van der Waals surface area contributed by atoms with Gasteiger partial charge in [0.15, 0.2) is 0 Å². The van der Waals surface area contributed by atoms with Crippen molar-refractivity contribution in [3.8, 4) is 5.75 Å². The lowest BCUT2D eigenvalue weighted by Gasteiger charge is -2.22. The topological polar surface area (TPSA) is 80.0 Å². The summed E-state index contributed by atoms with van der Waals surface area (Å²) in [6.07, 6.45) is 0. The third-order valence-electron chi connectivity index (χ3n) is 4.90. The summed E-state index contributed by atoms with van der Waals surface area (Å²) in [6, 6.07) is 11.0. The van der Waals surface area contributed by atoms with E-state index >= 15 is 0 Å². The van der Waals surface area contributed by atoms with Crippen molar-refractivity contribution in [3.63, 3.8) is 0 Å². The first-order chi connectivity index (χ1) is 14.4. The number of aliphatic hydroxyl groups is 1.